The smallest absolute Gasteiger partial charge is 0.321 e. The standard InChI is InChI=1S/C22H30N4O2S/c1-15(20(27)25-22(28)23-17-9-3-2-4-10-17)26-13-7-8-16(14-26)21-24-18-11-5-6-12-19(18)29-21/h5-6,11-12,15-17H,2-4,7-10,13-14H2,1H3,(H2,23,25,27,28)/p+1/t15-,16+/m1/s1. The van der Waals surface area contributed by atoms with Crippen molar-refractivity contribution in [2.24, 2.45) is 0 Å². The molecule has 1 aliphatic heterocycles. The van der Waals surface area contributed by atoms with E-state index in [1.807, 2.05) is 19.1 Å². The zero-order chi connectivity index (χ0) is 20.2. The maximum absolute atomic E-state index is 12.7. The largest absolute Gasteiger partial charge is 0.335 e. The van der Waals surface area contributed by atoms with Crippen molar-refractivity contribution >= 4 is 33.5 Å². The van der Waals surface area contributed by atoms with Crippen LogP contribution in [-0.2, 0) is 4.79 Å². The molecule has 1 saturated carbocycles. The molecule has 6 nitrogen and oxygen atoms in total. The van der Waals surface area contributed by atoms with Gasteiger partial charge in [-0.1, -0.05) is 31.4 Å². The number of amides is 3. The Labute approximate surface area is 176 Å². The Morgan fingerprint density at radius 2 is 1.93 bits per heavy atom. The number of urea groups is 1. The second kappa shape index (κ2) is 9.22. The third kappa shape index (κ3) is 4.95. The van der Waals surface area contributed by atoms with E-state index in [1.165, 1.54) is 21.0 Å². The predicted molar refractivity (Wildman–Crippen MR) is 115 cm³/mol. The van der Waals surface area contributed by atoms with Gasteiger partial charge in [-0.05, 0) is 44.7 Å². The van der Waals surface area contributed by atoms with Crippen molar-refractivity contribution in [3.8, 4) is 0 Å². The van der Waals surface area contributed by atoms with Gasteiger partial charge in [0.1, 0.15) is 5.01 Å². The van der Waals surface area contributed by atoms with E-state index >= 15 is 0 Å². The Morgan fingerprint density at radius 3 is 2.72 bits per heavy atom. The molecule has 2 aliphatic rings. The summed E-state index contributed by atoms with van der Waals surface area (Å²) in [5.41, 5.74) is 1.06. The van der Waals surface area contributed by atoms with Crippen molar-refractivity contribution in [3.63, 3.8) is 0 Å². The quantitative estimate of drug-likeness (QED) is 0.719. The Bertz CT molecular complexity index is 828. The Kier molecular flexibility index (Phi) is 6.45. The number of carbonyl (C=O) groups excluding carboxylic acids is 2. The summed E-state index contributed by atoms with van der Waals surface area (Å²) in [4.78, 5) is 31.0. The Hall–Kier alpha value is -1.99. The van der Waals surface area contributed by atoms with Crippen molar-refractivity contribution in [2.45, 2.75) is 69.9 Å². The third-order valence-electron chi connectivity index (χ3n) is 6.40. The lowest BCUT2D eigenvalue weighted by Gasteiger charge is -2.32. The molecule has 0 bridgehead atoms. The molecule has 0 radical (unpaired) electrons. The summed E-state index contributed by atoms with van der Waals surface area (Å²) in [6.45, 7) is 3.78. The van der Waals surface area contributed by atoms with Crippen LogP contribution in [0, 0.1) is 0 Å². The SMILES string of the molecule is C[C@H](C(=O)NC(=O)NC1CCCCC1)[NH+]1CCC[C@H](c2nc3ccccc3s2)C1. The summed E-state index contributed by atoms with van der Waals surface area (Å²) in [6.07, 6.45) is 7.75. The van der Waals surface area contributed by atoms with Crippen LogP contribution < -0.4 is 15.5 Å². The van der Waals surface area contributed by atoms with Crippen molar-refractivity contribution in [3.05, 3.63) is 29.3 Å². The Balaban J connectivity index is 1.33. The van der Waals surface area contributed by atoms with Gasteiger partial charge in [0, 0.05) is 6.04 Å². The monoisotopic (exact) mass is 415 g/mol. The van der Waals surface area contributed by atoms with Crippen molar-refractivity contribution < 1.29 is 14.5 Å². The minimum atomic E-state index is -0.340. The fraction of sp³-hybridized carbons (Fsp3) is 0.591. The molecule has 29 heavy (non-hydrogen) atoms. The van der Waals surface area contributed by atoms with Gasteiger partial charge in [-0.2, -0.15) is 0 Å². The molecular weight excluding hydrogens is 384 g/mol. The summed E-state index contributed by atoms with van der Waals surface area (Å²) >= 11 is 1.77. The number of imide groups is 1. The number of likely N-dealkylation sites (tertiary alicyclic amines) is 1. The molecule has 2 aromatic rings. The fourth-order valence-corrected chi connectivity index (χ4v) is 5.74. The number of hydrogen-bond acceptors (Lipinski definition) is 4. The molecule has 3 amide bonds. The molecule has 3 N–H and O–H groups in total. The van der Waals surface area contributed by atoms with Crippen LogP contribution in [0.5, 0.6) is 0 Å². The lowest BCUT2D eigenvalue weighted by Crippen LogP contribution is -3.18. The molecule has 2 heterocycles. The van der Waals surface area contributed by atoms with Crippen molar-refractivity contribution in [1.82, 2.24) is 15.6 Å². The highest BCUT2D eigenvalue weighted by atomic mass is 32.1. The molecule has 3 atom stereocenters. The van der Waals surface area contributed by atoms with Crippen LogP contribution in [-0.4, -0.2) is 42.1 Å². The first kappa shape index (κ1) is 20.3. The normalized spacial score (nSPS) is 24.2. The van der Waals surface area contributed by atoms with Crippen LogP contribution in [0.2, 0.25) is 0 Å². The van der Waals surface area contributed by atoms with Crippen LogP contribution in [0.25, 0.3) is 10.2 Å². The van der Waals surface area contributed by atoms with Crippen molar-refractivity contribution in [2.75, 3.05) is 13.1 Å². The number of nitrogens with one attached hydrogen (secondary N) is 3. The van der Waals surface area contributed by atoms with E-state index in [1.54, 1.807) is 11.3 Å². The van der Waals surface area contributed by atoms with Crippen LogP contribution >= 0.6 is 11.3 Å². The molecule has 4 rings (SSSR count). The first-order valence-corrected chi connectivity index (χ1v) is 11.7. The minimum absolute atomic E-state index is 0.182. The van der Waals surface area contributed by atoms with Gasteiger partial charge in [-0.3, -0.25) is 10.1 Å². The molecule has 2 fully saturated rings. The van der Waals surface area contributed by atoms with Gasteiger partial charge in [0.05, 0.1) is 29.2 Å². The first-order valence-electron chi connectivity index (χ1n) is 10.9. The third-order valence-corrected chi connectivity index (χ3v) is 7.60. The topological polar surface area (TPSA) is 75.5 Å². The summed E-state index contributed by atoms with van der Waals surface area (Å²) in [5, 5.41) is 6.72. The van der Waals surface area contributed by atoms with Gasteiger partial charge >= 0.3 is 6.03 Å². The van der Waals surface area contributed by atoms with Gasteiger partial charge in [-0.25, -0.2) is 9.78 Å². The molecule has 1 saturated heterocycles. The van der Waals surface area contributed by atoms with Gasteiger partial charge in [-0.15, -0.1) is 11.3 Å². The van der Waals surface area contributed by atoms with Crippen molar-refractivity contribution in [1.29, 1.82) is 0 Å². The molecule has 1 aromatic heterocycles. The van der Waals surface area contributed by atoms with E-state index in [4.69, 9.17) is 4.98 Å². The summed E-state index contributed by atoms with van der Waals surface area (Å²) in [6, 6.07) is 7.87. The zero-order valence-corrected chi connectivity index (χ0v) is 17.9. The maximum Gasteiger partial charge on any atom is 0.321 e. The molecule has 0 spiro atoms. The number of hydrogen-bond donors (Lipinski definition) is 3. The molecule has 7 heteroatoms. The predicted octanol–water partition coefficient (Wildman–Crippen LogP) is 2.61. The molecule has 1 aromatic carbocycles. The number of piperidine rings is 1. The second-order valence-electron chi connectivity index (χ2n) is 8.49. The van der Waals surface area contributed by atoms with Crippen LogP contribution in [0.15, 0.2) is 24.3 Å². The molecule has 156 valence electrons. The minimum Gasteiger partial charge on any atom is -0.335 e. The fourth-order valence-electron chi connectivity index (χ4n) is 4.64. The average molecular weight is 416 g/mol. The van der Waals surface area contributed by atoms with E-state index in [9.17, 15) is 9.59 Å². The van der Waals surface area contributed by atoms with Gasteiger partial charge in [0.25, 0.3) is 5.91 Å². The van der Waals surface area contributed by atoms with E-state index in [0.29, 0.717) is 5.92 Å². The number of para-hydroxylation sites is 1. The number of nitrogens with zero attached hydrogens (tertiary/aromatic N) is 1. The van der Waals surface area contributed by atoms with Crippen LogP contribution in [0.4, 0.5) is 4.79 Å². The van der Waals surface area contributed by atoms with Gasteiger partial charge < -0.3 is 10.2 Å². The number of fused-ring (bicyclic) bond motifs is 1. The average Bonchev–Trinajstić information content (AvgIpc) is 3.18. The highest BCUT2D eigenvalue weighted by molar-refractivity contribution is 7.18. The number of benzene rings is 1. The van der Waals surface area contributed by atoms with Gasteiger partial charge in [0.15, 0.2) is 6.04 Å². The maximum atomic E-state index is 12.7. The number of carbonyl (C=O) groups is 2. The highest BCUT2D eigenvalue weighted by Gasteiger charge is 2.33. The molecule has 1 aliphatic carbocycles. The number of quaternary nitrogens is 1. The lowest BCUT2D eigenvalue weighted by molar-refractivity contribution is -0.920. The lowest BCUT2D eigenvalue weighted by atomic mass is 9.96. The number of aromatic nitrogens is 1. The second-order valence-corrected chi connectivity index (χ2v) is 9.55. The van der Waals surface area contributed by atoms with E-state index in [-0.39, 0.29) is 24.0 Å². The number of thiazole rings is 1. The molecule has 1 unspecified atom stereocenters. The summed E-state index contributed by atoms with van der Waals surface area (Å²) in [5.74, 6) is 0.195. The summed E-state index contributed by atoms with van der Waals surface area (Å²) in [7, 11) is 0. The van der Waals surface area contributed by atoms with Crippen LogP contribution in [0.3, 0.4) is 0 Å². The van der Waals surface area contributed by atoms with Crippen LogP contribution in [0.1, 0.15) is 62.8 Å². The summed E-state index contributed by atoms with van der Waals surface area (Å²) < 4.78 is 1.22. The number of rotatable bonds is 4. The Morgan fingerprint density at radius 1 is 1.14 bits per heavy atom. The highest BCUT2D eigenvalue weighted by Crippen LogP contribution is 2.30. The van der Waals surface area contributed by atoms with Gasteiger partial charge in [0.2, 0.25) is 0 Å². The molecular formula is C22H31N4O2S+. The zero-order valence-electron chi connectivity index (χ0n) is 17.1. The first-order chi connectivity index (χ1) is 14.1. The van der Waals surface area contributed by atoms with E-state index in [2.05, 4.69) is 22.8 Å². The van der Waals surface area contributed by atoms with E-state index in [0.717, 1.165) is 57.1 Å². The van der Waals surface area contributed by atoms with E-state index < -0.39 is 0 Å².